The van der Waals surface area contributed by atoms with E-state index in [9.17, 15) is 4.79 Å². The maximum Gasteiger partial charge on any atom is 0.180 e. The topological polar surface area (TPSA) is 40.9 Å². The van der Waals surface area contributed by atoms with Crippen molar-refractivity contribution in [3.63, 3.8) is 0 Å². The van der Waals surface area contributed by atoms with Gasteiger partial charge in [0.15, 0.2) is 5.62 Å². The van der Waals surface area contributed by atoms with E-state index in [1.807, 2.05) is 36.4 Å². The molecule has 0 atom stereocenters. The van der Waals surface area contributed by atoms with E-state index in [-0.39, 0.29) is 0 Å². The highest BCUT2D eigenvalue weighted by molar-refractivity contribution is 8.11. The van der Waals surface area contributed by atoms with Crippen molar-refractivity contribution in [2.24, 2.45) is 0 Å². The van der Waals surface area contributed by atoms with Gasteiger partial charge in [0, 0.05) is 4.90 Å². The molecule has 17 heavy (non-hydrogen) atoms. The molecule has 82 valence electrons. The van der Waals surface area contributed by atoms with Crippen LogP contribution in [-0.4, -0.2) is 5.62 Å². The first kappa shape index (κ1) is 11.4. The molecule has 0 fully saturated rings. The van der Waals surface area contributed by atoms with Crippen molar-refractivity contribution in [3.8, 4) is 17.2 Å². The number of thioether (sulfide) groups is 1. The molecular formula is C14H9NOS. The first-order chi connectivity index (χ1) is 8.33. The average molecular weight is 239 g/mol. The molecule has 0 radical (unpaired) electrons. The molecule has 2 rings (SSSR count). The first-order valence-electron chi connectivity index (χ1n) is 5.04. The van der Waals surface area contributed by atoms with Gasteiger partial charge in [-0.3, -0.25) is 4.79 Å². The lowest BCUT2D eigenvalue weighted by Gasteiger charge is -2.02. The number of nitriles is 1. The lowest BCUT2D eigenvalue weighted by atomic mass is 10.0. The first-order valence-corrected chi connectivity index (χ1v) is 5.92. The molecule has 0 aliphatic carbocycles. The number of nitrogens with zero attached hydrogens (tertiary/aromatic N) is 1. The fourth-order valence-electron chi connectivity index (χ4n) is 1.52. The van der Waals surface area contributed by atoms with Crippen molar-refractivity contribution < 1.29 is 4.79 Å². The van der Waals surface area contributed by atoms with Crippen LogP contribution >= 0.6 is 11.8 Å². The van der Waals surface area contributed by atoms with Crippen LogP contribution in [0.5, 0.6) is 0 Å². The minimum Gasteiger partial charge on any atom is -0.291 e. The molecule has 0 spiro atoms. The van der Waals surface area contributed by atoms with Crippen molar-refractivity contribution in [2.75, 3.05) is 0 Å². The highest BCUT2D eigenvalue weighted by Gasteiger charge is 1.98. The normalized spacial score (nSPS) is 9.59. The van der Waals surface area contributed by atoms with Gasteiger partial charge in [0.25, 0.3) is 0 Å². The van der Waals surface area contributed by atoms with Gasteiger partial charge in [0.2, 0.25) is 0 Å². The summed E-state index contributed by atoms with van der Waals surface area (Å²) in [5, 5.41) is 8.71. The molecule has 0 heterocycles. The number of carbonyl (C=O) groups excluding carboxylic acids is 1. The fraction of sp³-hybridized carbons (Fsp3) is 0. The number of hydrogen-bond acceptors (Lipinski definition) is 3. The predicted molar refractivity (Wildman–Crippen MR) is 69.2 cm³/mol. The number of carbonyl (C=O) groups is 1. The van der Waals surface area contributed by atoms with Gasteiger partial charge in [-0.2, -0.15) is 5.26 Å². The summed E-state index contributed by atoms with van der Waals surface area (Å²) in [5.74, 6) is 0. The minimum atomic E-state index is 0.655. The molecule has 0 saturated carbocycles. The van der Waals surface area contributed by atoms with Gasteiger partial charge in [-0.25, -0.2) is 0 Å². The van der Waals surface area contributed by atoms with Crippen molar-refractivity contribution in [2.45, 2.75) is 4.90 Å². The summed E-state index contributed by atoms with van der Waals surface area (Å²) >= 11 is 1.16. The zero-order chi connectivity index (χ0) is 12.1. The molecule has 0 N–H and O–H groups in total. The largest absolute Gasteiger partial charge is 0.291 e. The number of benzene rings is 2. The molecule has 0 aliphatic heterocycles. The summed E-state index contributed by atoms with van der Waals surface area (Å²) in [5.41, 5.74) is 3.61. The van der Waals surface area contributed by atoms with E-state index in [0.717, 1.165) is 33.4 Å². The van der Waals surface area contributed by atoms with Gasteiger partial charge in [0.05, 0.1) is 11.6 Å². The standard InChI is InChI=1S/C14H9NOS/c15-9-11-1-3-12(4-2-11)13-5-7-14(8-6-13)17-10-16/h1-8,10H. The van der Waals surface area contributed by atoms with Crippen molar-refractivity contribution in [1.29, 1.82) is 5.26 Å². The van der Waals surface area contributed by atoms with Gasteiger partial charge in [-0.15, -0.1) is 0 Å². The second-order valence-corrected chi connectivity index (χ2v) is 4.33. The van der Waals surface area contributed by atoms with Gasteiger partial charge < -0.3 is 0 Å². The van der Waals surface area contributed by atoms with E-state index in [1.165, 1.54) is 0 Å². The Morgan fingerprint density at radius 2 is 1.47 bits per heavy atom. The number of hydrogen-bond donors (Lipinski definition) is 0. The Morgan fingerprint density at radius 3 is 1.94 bits per heavy atom. The highest BCUT2D eigenvalue weighted by atomic mass is 32.2. The Kier molecular flexibility index (Phi) is 3.59. The molecule has 2 nitrogen and oxygen atoms in total. The van der Waals surface area contributed by atoms with Gasteiger partial charge in [0.1, 0.15) is 0 Å². The minimum absolute atomic E-state index is 0.655. The molecule has 2 aromatic rings. The summed E-state index contributed by atoms with van der Waals surface area (Å²) in [6, 6.07) is 17.3. The molecular weight excluding hydrogens is 230 g/mol. The van der Waals surface area contributed by atoms with Crippen LogP contribution in [-0.2, 0) is 4.79 Å². The van der Waals surface area contributed by atoms with Gasteiger partial charge in [-0.1, -0.05) is 36.0 Å². The third-order valence-corrected chi connectivity index (χ3v) is 3.03. The summed E-state index contributed by atoms with van der Waals surface area (Å²) in [6.45, 7) is 0. The predicted octanol–water partition coefficient (Wildman–Crippen LogP) is 3.51. The summed E-state index contributed by atoms with van der Waals surface area (Å²) in [6.07, 6.45) is 0. The van der Waals surface area contributed by atoms with Crippen LogP contribution < -0.4 is 0 Å². The van der Waals surface area contributed by atoms with Crippen LogP contribution in [0.2, 0.25) is 0 Å². The Morgan fingerprint density at radius 1 is 0.941 bits per heavy atom. The lowest BCUT2D eigenvalue weighted by molar-refractivity contribution is 0.570. The van der Waals surface area contributed by atoms with Crippen LogP contribution in [0.25, 0.3) is 11.1 Å². The molecule has 0 bridgehead atoms. The maximum atomic E-state index is 10.3. The van der Waals surface area contributed by atoms with Crippen molar-refractivity contribution >= 4 is 17.4 Å². The second-order valence-electron chi connectivity index (χ2n) is 3.43. The second kappa shape index (κ2) is 5.33. The van der Waals surface area contributed by atoms with E-state index < -0.39 is 0 Å². The van der Waals surface area contributed by atoms with E-state index >= 15 is 0 Å². The fourth-order valence-corrected chi connectivity index (χ4v) is 1.92. The van der Waals surface area contributed by atoms with Crippen molar-refractivity contribution in [3.05, 3.63) is 54.1 Å². The highest BCUT2D eigenvalue weighted by Crippen LogP contribution is 2.23. The van der Waals surface area contributed by atoms with Gasteiger partial charge >= 0.3 is 0 Å². The number of rotatable bonds is 3. The van der Waals surface area contributed by atoms with Crippen molar-refractivity contribution in [1.82, 2.24) is 0 Å². The van der Waals surface area contributed by atoms with Crippen LogP contribution in [0.4, 0.5) is 0 Å². The van der Waals surface area contributed by atoms with Crippen LogP contribution in [0.15, 0.2) is 53.4 Å². The summed E-state index contributed by atoms with van der Waals surface area (Å²) < 4.78 is 0. The average Bonchev–Trinajstić information content (AvgIpc) is 2.40. The Bertz CT molecular complexity index is 552. The lowest BCUT2D eigenvalue weighted by Crippen LogP contribution is -1.79. The zero-order valence-corrected chi connectivity index (χ0v) is 9.78. The molecule has 2 aromatic carbocycles. The summed E-state index contributed by atoms with van der Waals surface area (Å²) in [4.78, 5) is 11.3. The van der Waals surface area contributed by atoms with E-state index in [0.29, 0.717) is 5.56 Å². The third kappa shape index (κ3) is 2.74. The molecule has 0 aromatic heterocycles. The van der Waals surface area contributed by atoms with E-state index in [1.54, 1.807) is 12.1 Å². The zero-order valence-electron chi connectivity index (χ0n) is 8.96. The van der Waals surface area contributed by atoms with E-state index in [2.05, 4.69) is 6.07 Å². The third-order valence-electron chi connectivity index (χ3n) is 2.39. The molecule has 0 aliphatic rings. The Balaban J connectivity index is 2.27. The maximum absolute atomic E-state index is 10.3. The van der Waals surface area contributed by atoms with Crippen LogP contribution in [0, 0.1) is 11.3 Å². The van der Waals surface area contributed by atoms with Gasteiger partial charge in [-0.05, 0) is 35.4 Å². The molecule has 3 heteroatoms. The van der Waals surface area contributed by atoms with E-state index in [4.69, 9.17) is 5.26 Å². The molecule has 0 saturated heterocycles. The quantitative estimate of drug-likeness (QED) is 0.608. The Hall–Kier alpha value is -2.05. The summed E-state index contributed by atoms with van der Waals surface area (Å²) in [7, 11) is 0. The molecule has 0 amide bonds. The molecule has 0 unspecified atom stereocenters. The Labute approximate surface area is 104 Å². The van der Waals surface area contributed by atoms with Crippen LogP contribution in [0.1, 0.15) is 5.56 Å². The van der Waals surface area contributed by atoms with Crippen LogP contribution in [0.3, 0.4) is 0 Å². The smallest absolute Gasteiger partial charge is 0.180 e. The SMILES string of the molecule is N#Cc1ccc(-c2ccc(SC=O)cc2)cc1. The monoisotopic (exact) mass is 239 g/mol.